The fourth-order valence-electron chi connectivity index (χ4n) is 3.10. The van der Waals surface area contributed by atoms with Gasteiger partial charge in [0.25, 0.3) is 0 Å². The SMILES string of the molecule is Cc1cc(F)ccc1C(O)c1ccc2c(c1)CCCN2C. The zero-order chi connectivity index (χ0) is 15.0. The molecule has 1 unspecified atom stereocenters. The molecule has 0 spiro atoms. The summed E-state index contributed by atoms with van der Waals surface area (Å²) < 4.78 is 13.2. The number of hydrogen-bond acceptors (Lipinski definition) is 2. The van der Waals surface area contributed by atoms with Crippen LogP contribution in [0.3, 0.4) is 0 Å². The first-order valence-electron chi connectivity index (χ1n) is 7.34. The number of fused-ring (bicyclic) bond motifs is 1. The van der Waals surface area contributed by atoms with Gasteiger partial charge in [-0.1, -0.05) is 18.2 Å². The maximum Gasteiger partial charge on any atom is 0.123 e. The molecule has 0 aromatic heterocycles. The van der Waals surface area contributed by atoms with Crippen LogP contribution in [0.1, 0.15) is 34.8 Å². The molecule has 0 radical (unpaired) electrons. The van der Waals surface area contributed by atoms with Crippen LogP contribution in [0, 0.1) is 12.7 Å². The van der Waals surface area contributed by atoms with Gasteiger partial charge in [0.15, 0.2) is 0 Å². The summed E-state index contributed by atoms with van der Waals surface area (Å²) in [7, 11) is 2.10. The van der Waals surface area contributed by atoms with Crippen LogP contribution >= 0.6 is 0 Å². The topological polar surface area (TPSA) is 23.5 Å². The highest BCUT2D eigenvalue weighted by molar-refractivity contribution is 5.57. The van der Waals surface area contributed by atoms with Crippen LogP contribution in [-0.4, -0.2) is 18.7 Å². The number of rotatable bonds is 2. The van der Waals surface area contributed by atoms with Crippen LogP contribution in [0.2, 0.25) is 0 Å². The zero-order valence-electron chi connectivity index (χ0n) is 12.4. The lowest BCUT2D eigenvalue weighted by Crippen LogP contribution is -2.24. The van der Waals surface area contributed by atoms with E-state index in [4.69, 9.17) is 0 Å². The van der Waals surface area contributed by atoms with E-state index >= 15 is 0 Å². The molecule has 2 aromatic carbocycles. The van der Waals surface area contributed by atoms with E-state index in [1.54, 1.807) is 6.07 Å². The lowest BCUT2D eigenvalue weighted by Gasteiger charge is -2.28. The molecule has 2 nitrogen and oxygen atoms in total. The third kappa shape index (κ3) is 2.66. The molecule has 0 saturated carbocycles. The molecule has 0 saturated heterocycles. The number of hydrogen-bond donors (Lipinski definition) is 1. The van der Waals surface area contributed by atoms with Crippen molar-refractivity contribution in [3.8, 4) is 0 Å². The van der Waals surface area contributed by atoms with E-state index < -0.39 is 6.10 Å². The molecule has 110 valence electrons. The van der Waals surface area contributed by atoms with Crippen molar-refractivity contribution in [2.75, 3.05) is 18.5 Å². The highest BCUT2D eigenvalue weighted by Crippen LogP contribution is 2.31. The van der Waals surface area contributed by atoms with Gasteiger partial charge in [0.2, 0.25) is 0 Å². The van der Waals surface area contributed by atoms with Gasteiger partial charge in [0.1, 0.15) is 11.9 Å². The average Bonchev–Trinajstić information content (AvgIpc) is 2.46. The smallest absolute Gasteiger partial charge is 0.123 e. The first kappa shape index (κ1) is 14.1. The average molecular weight is 285 g/mol. The van der Waals surface area contributed by atoms with Crippen LogP contribution in [0.5, 0.6) is 0 Å². The van der Waals surface area contributed by atoms with Gasteiger partial charge < -0.3 is 10.0 Å². The standard InChI is InChI=1S/C18H20FNO/c1-12-10-15(19)6-7-16(12)18(21)14-5-8-17-13(11-14)4-3-9-20(17)2/h5-8,10-11,18,21H,3-4,9H2,1-2H3. The molecule has 1 N–H and O–H groups in total. The van der Waals surface area contributed by atoms with E-state index in [1.807, 2.05) is 13.0 Å². The molecular formula is C18H20FNO. The molecule has 0 aliphatic carbocycles. The third-order valence-electron chi connectivity index (χ3n) is 4.30. The summed E-state index contributed by atoms with van der Waals surface area (Å²) in [5.41, 5.74) is 4.93. The van der Waals surface area contributed by atoms with E-state index in [0.717, 1.165) is 36.1 Å². The molecule has 0 fully saturated rings. The van der Waals surface area contributed by atoms with E-state index in [9.17, 15) is 9.50 Å². The van der Waals surface area contributed by atoms with Gasteiger partial charge in [-0.25, -0.2) is 4.39 Å². The second-order valence-electron chi connectivity index (χ2n) is 5.82. The number of nitrogens with zero attached hydrogens (tertiary/aromatic N) is 1. The van der Waals surface area contributed by atoms with Gasteiger partial charge in [-0.05, 0) is 60.2 Å². The molecule has 1 heterocycles. The Bertz CT molecular complexity index is 668. The van der Waals surface area contributed by atoms with Crippen LogP contribution < -0.4 is 4.90 Å². The molecule has 1 aliphatic heterocycles. The summed E-state index contributed by atoms with van der Waals surface area (Å²) in [4.78, 5) is 2.25. The lowest BCUT2D eigenvalue weighted by atomic mass is 9.93. The predicted octanol–water partition coefficient (Wildman–Crippen LogP) is 3.60. The summed E-state index contributed by atoms with van der Waals surface area (Å²) in [5.74, 6) is -0.268. The number of aliphatic hydroxyl groups excluding tert-OH is 1. The second-order valence-corrected chi connectivity index (χ2v) is 5.82. The van der Waals surface area contributed by atoms with Crippen molar-refractivity contribution in [2.24, 2.45) is 0 Å². The summed E-state index contributed by atoms with van der Waals surface area (Å²) in [5, 5.41) is 10.6. The van der Waals surface area contributed by atoms with Crippen molar-refractivity contribution >= 4 is 5.69 Å². The van der Waals surface area contributed by atoms with Gasteiger partial charge in [-0.2, -0.15) is 0 Å². The highest BCUT2D eigenvalue weighted by atomic mass is 19.1. The van der Waals surface area contributed by atoms with Crippen molar-refractivity contribution in [1.82, 2.24) is 0 Å². The van der Waals surface area contributed by atoms with Gasteiger partial charge >= 0.3 is 0 Å². The fourth-order valence-corrected chi connectivity index (χ4v) is 3.10. The molecule has 2 aromatic rings. The Kier molecular flexibility index (Phi) is 3.68. The van der Waals surface area contributed by atoms with Crippen LogP contribution in [0.15, 0.2) is 36.4 Å². The Balaban J connectivity index is 1.96. The molecule has 3 rings (SSSR count). The molecule has 1 aliphatic rings. The highest BCUT2D eigenvalue weighted by Gasteiger charge is 2.18. The molecule has 3 heteroatoms. The Morgan fingerprint density at radius 3 is 2.76 bits per heavy atom. The lowest BCUT2D eigenvalue weighted by molar-refractivity contribution is 0.219. The summed E-state index contributed by atoms with van der Waals surface area (Å²) in [6.45, 7) is 2.90. The molecule has 0 bridgehead atoms. The number of benzene rings is 2. The van der Waals surface area contributed by atoms with Gasteiger partial charge in [0, 0.05) is 19.3 Å². The number of aliphatic hydroxyl groups is 1. The zero-order valence-corrected chi connectivity index (χ0v) is 12.4. The molecule has 1 atom stereocenters. The van der Waals surface area contributed by atoms with E-state index in [2.05, 4.69) is 24.1 Å². The molecule has 21 heavy (non-hydrogen) atoms. The van der Waals surface area contributed by atoms with Crippen LogP contribution in [0.4, 0.5) is 10.1 Å². The van der Waals surface area contributed by atoms with Crippen molar-refractivity contribution in [2.45, 2.75) is 25.9 Å². The Hall–Kier alpha value is -1.87. The molecule has 0 amide bonds. The minimum Gasteiger partial charge on any atom is -0.384 e. The number of anilines is 1. The molecular weight excluding hydrogens is 265 g/mol. The van der Waals surface area contributed by atoms with E-state index in [1.165, 1.54) is 23.4 Å². The van der Waals surface area contributed by atoms with Gasteiger partial charge in [-0.15, -0.1) is 0 Å². The number of halogens is 1. The summed E-state index contributed by atoms with van der Waals surface area (Å²) in [6.07, 6.45) is 1.48. The van der Waals surface area contributed by atoms with Gasteiger partial charge in [-0.3, -0.25) is 0 Å². The van der Waals surface area contributed by atoms with E-state index in [-0.39, 0.29) is 5.82 Å². The number of aryl methyl sites for hydroxylation is 2. The minimum atomic E-state index is -0.705. The normalized spacial score (nSPS) is 15.7. The maximum atomic E-state index is 13.2. The second kappa shape index (κ2) is 5.49. The first-order chi connectivity index (χ1) is 10.1. The van der Waals surface area contributed by atoms with Crippen LogP contribution in [-0.2, 0) is 6.42 Å². The maximum absolute atomic E-state index is 13.2. The largest absolute Gasteiger partial charge is 0.384 e. The van der Waals surface area contributed by atoms with E-state index in [0.29, 0.717) is 0 Å². The Morgan fingerprint density at radius 1 is 1.19 bits per heavy atom. The van der Waals surface area contributed by atoms with Crippen molar-refractivity contribution < 1.29 is 9.50 Å². The Morgan fingerprint density at radius 2 is 2.00 bits per heavy atom. The monoisotopic (exact) mass is 285 g/mol. The summed E-state index contributed by atoms with van der Waals surface area (Å²) in [6, 6.07) is 10.7. The van der Waals surface area contributed by atoms with Gasteiger partial charge in [0.05, 0.1) is 0 Å². The van der Waals surface area contributed by atoms with Crippen molar-refractivity contribution in [3.63, 3.8) is 0 Å². The Labute approximate surface area is 124 Å². The predicted molar refractivity (Wildman–Crippen MR) is 83.2 cm³/mol. The minimum absolute atomic E-state index is 0.268. The third-order valence-corrected chi connectivity index (χ3v) is 4.30. The first-order valence-corrected chi connectivity index (χ1v) is 7.34. The quantitative estimate of drug-likeness (QED) is 0.911. The fraction of sp³-hybridized carbons (Fsp3) is 0.333. The van der Waals surface area contributed by atoms with Crippen molar-refractivity contribution in [1.29, 1.82) is 0 Å². The van der Waals surface area contributed by atoms with Crippen LogP contribution in [0.25, 0.3) is 0 Å². The summed E-state index contributed by atoms with van der Waals surface area (Å²) >= 11 is 0. The van der Waals surface area contributed by atoms with Crippen molar-refractivity contribution in [3.05, 3.63) is 64.5 Å².